The molecule has 0 fully saturated rings. The molecule has 2 aliphatic heterocycles. The molecule has 0 amide bonds. The summed E-state index contributed by atoms with van der Waals surface area (Å²) in [6, 6.07) is 16.7. The molecule has 0 saturated heterocycles. The lowest BCUT2D eigenvalue weighted by Crippen LogP contribution is -2.22. The van der Waals surface area contributed by atoms with Gasteiger partial charge in [-0.25, -0.2) is 19.3 Å². The van der Waals surface area contributed by atoms with E-state index in [2.05, 4.69) is 10.1 Å². The summed E-state index contributed by atoms with van der Waals surface area (Å²) in [4.78, 5) is 22.7. The first-order valence-corrected chi connectivity index (χ1v) is 12.4. The monoisotopic (exact) mass is 556 g/mol. The van der Waals surface area contributed by atoms with Crippen molar-refractivity contribution in [3.8, 4) is 34.5 Å². The predicted octanol–water partition coefficient (Wildman–Crippen LogP) is 5.93. The molecule has 202 valence electrons. The molecule has 6 aromatic rings. The average Bonchev–Trinajstić information content (AvgIpc) is 3.63. The van der Waals surface area contributed by atoms with Crippen molar-refractivity contribution in [1.82, 2.24) is 19.6 Å². The Balaban J connectivity index is 1.38. The number of ether oxygens (including phenoxy) is 3. The smallest absolute Gasteiger partial charge is 0.416 e. The second kappa shape index (κ2) is 8.31. The van der Waals surface area contributed by atoms with Gasteiger partial charge < -0.3 is 18.6 Å². The number of aromatic nitrogens is 4. The number of alkyl halides is 3. The van der Waals surface area contributed by atoms with E-state index in [4.69, 9.17) is 23.6 Å². The van der Waals surface area contributed by atoms with Crippen molar-refractivity contribution in [2.24, 2.45) is 0 Å². The van der Waals surface area contributed by atoms with Gasteiger partial charge in [-0.05, 0) is 48.0 Å². The number of benzene rings is 3. The van der Waals surface area contributed by atoms with Crippen molar-refractivity contribution in [1.29, 1.82) is 0 Å². The van der Waals surface area contributed by atoms with E-state index in [1.807, 2.05) is 0 Å². The highest BCUT2D eigenvalue weighted by Crippen LogP contribution is 2.49. The number of para-hydroxylation sites is 1. The fourth-order valence-electron chi connectivity index (χ4n) is 5.29. The van der Waals surface area contributed by atoms with E-state index in [0.29, 0.717) is 50.6 Å². The highest BCUT2D eigenvalue weighted by molar-refractivity contribution is 5.87. The molecule has 0 spiro atoms. The average molecular weight is 556 g/mol. The van der Waals surface area contributed by atoms with Gasteiger partial charge in [-0.1, -0.05) is 24.3 Å². The summed E-state index contributed by atoms with van der Waals surface area (Å²) in [6.07, 6.45) is -3.10. The van der Waals surface area contributed by atoms with Crippen molar-refractivity contribution < 1.29 is 31.8 Å². The van der Waals surface area contributed by atoms with Crippen LogP contribution in [0.15, 0.2) is 82.3 Å². The standard InChI is InChI=1S/C29H15F3N4O5/c30-29(31,32)16-8-5-14(6-9-16)21-22-24(17-3-1-2-4-18(17)40-28(22)37)41-27-23(21)26-34-25(35-36(26)12-33-27)15-7-10-19-20(11-15)39-13-38-19/h1-12,21H,13H2. The number of fused-ring (bicyclic) bond motifs is 7. The SMILES string of the molecule is O=c1oc2ccccc2c2c1C(c1ccc(C(F)(F)F)cc1)c1c(ncn3nc(-c4ccc5c(c4)OCO5)nc13)O2. The highest BCUT2D eigenvalue weighted by atomic mass is 19.4. The van der Waals surface area contributed by atoms with E-state index >= 15 is 0 Å². The van der Waals surface area contributed by atoms with Gasteiger partial charge in [0.05, 0.1) is 28.0 Å². The third-order valence-corrected chi connectivity index (χ3v) is 7.16. The second-order valence-corrected chi connectivity index (χ2v) is 9.52. The second-order valence-electron chi connectivity index (χ2n) is 9.52. The Morgan fingerprint density at radius 3 is 2.56 bits per heavy atom. The lowest BCUT2D eigenvalue weighted by molar-refractivity contribution is -0.137. The first-order valence-electron chi connectivity index (χ1n) is 12.4. The normalized spacial score (nSPS) is 15.5. The summed E-state index contributed by atoms with van der Waals surface area (Å²) in [6.45, 7) is 0.109. The molecule has 0 aliphatic carbocycles. The zero-order valence-electron chi connectivity index (χ0n) is 20.7. The van der Waals surface area contributed by atoms with E-state index < -0.39 is 23.3 Å². The van der Waals surface area contributed by atoms with Gasteiger partial charge in [-0.3, -0.25) is 0 Å². The van der Waals surface area contributed by atoms with Crippen molar-refractivity contribution in [2.45, 2.75) is 12.1 Å². The molecule has 8 rings (SSSR count). The lowest BCUT2D eigenvalue weighted by Gasteiger charge is -2.27. The third-order valence-electron chi connectivity index (χ3n) is 7.16. The molecule has 1 unspecified atom stereocenters. The van der Waals surface area contributed by atoms with E-state index in [9.17, 15) is 18.0 Å². The Morgan fingerprint density at radius 1 is 0.927 bits per heavy atom. The van der Waals surface area contributed by atoms with Crippen LogP contribution in [-0.4, -0.2) is 26.4 Å². The van der Waals surface area contributed by atoms with E-state index in [1.54, 1.807) is 42.5 Å². The fourth-order valence-corrected chi connectivity index (χ4v) is 5.29. The molecule has 3 aromatic heterocycles. The van der Waals surface area contributed by atoms with Gasteiger partial charge in [0.2, 0.25) is 12.7 Å². The molecule has 9 nitrogen and oxygen atoms in total. The first-order chi connectivity index (χ1) is 19.8. The van der Waals surface area contributed by atoms with E-state index in [-0.39, 0.29) is 24.0 Å². The van der Waals surface area contributed by atoms with Crippen LogP contribution < -0.4 is 19.8 Å². The van der Waals surface area contributed by atoms with Gasteiger partial charge in [-0.15, -0.1) is 5.10 Å². The van der Waals surface area contributed by atoms with Crippen molar-refractivity contribution in [2.75, 3.05) is 6.79 Å². The Bertz CT molecular complexity index is 2090. The topological polar surface area (TPSA) is 101 Å². The predicted molar refractivity (Wildman–Crippen MR) is 137 cm³/mol. The Morgan fingerprint density at radius 2 is 1.73 bits per heavy atom. The maximum Gasteiger partial charge on any atom is 0.416 e. The zero-order chi connectivity index (χ0) is 27.9. The van der Waals surface area contributed by atoms with Gasteiger partial charge >= 0.3 is 11.8 Å². The van der Waals surface area contributed by atoms with E-state index in [1.165, 1.54) is 23.0 Å². The summed E-state index contributed by atoms with van der Waals surface area (Å²) in [7, 11) is 0. The quantitative estimate of drug-likeness (QED) is 0.242. The molecular formula is C29H15F3N4O5. The van der Waals surface area contributed by atoms with Gasteiger partial charge in [-0.2, -0.15) is 13.2 Å². The largest absolute Gasteiger partial charge is 0.454 e. The lowest BCUT2D eigenvalue weighted by atomic mass is 9.84. The number of halogens is 3. The van der Waals surface area contributed by atoms with Crippen LogP contribution in [-0.2, 0) is 6.18 Å². The summed E-state index contributed by atoms with van der Waals surface area (Å²) < 4.78 is 64.3. The highest BCUT2D eigenvalue weighted by Gasteiger charge is 2.38. The Labute approximate surface area is 227 Å². The van der Waals surface area contributed by atoms with Crippen LogP contribution in [0.5, 0.6) is 23.1 Å². The molecule has 0 bridgehead atoms. The molecule has 12 heteroatoms. The van der Waals surface area contributed by atoms with Gasteiger partial charge in [0, 0.05) is 5.56 Å². The van der Waals surface area contributed by atoms with E-state index in [0.717, 1.165) is 12.1 Å². The molecule has 2 aliphatic rings. The molecule has 0 saturated carbocycles. The number of hydrogen-bond donors (Lipinski definition) is 0. The van der Waals surface area contributed by atoms with Crippen LogP contribution in [0.4, 0.5) is 13.2 Å². The van der Waals surface area contributed by atoms with Crippen molar-refractivity contribution in [3.63, 3.8) is 0 Å². The zero-order valence-corrected chi connectivity index (χ0v) is 20.7. The van der Waals surface area contributed by atoms with Gasteiger partial charge in [0.25, 0.3) is 0 Å². The molecular weight excluding hydrogens is 541 g/mol. The number of hydrogen-bond acceptors (Lipinski definition) is 8. The third kappa shape index (κ3) is 3.56. The summed E-state index contributed by atoms with van der Waals surface area (Å²) >= 11 is 0. The maximum absolute atomic E-state index is 13.5. The number of nitrogens with zero attached hydrogens (tertiary/aromatic N) is 4. The van der Waals surface area contributed by atoms with Gasteiger partial charge in [0.1, 0.15) is 11.9 Å². The Kier molecular flexibility index (Phi) is 4.76. The number of rotatable bonds is 2. The van der Waals surface area contributed by atoms with Crippen molar-refractivity contribution in [3.05, 3.63) is 106 Å². The fraction of sp³-hybridized carbons (Fsp3) is 0.103. The minimum atomic E-state index is -4.53. The van der Waals surface area contributed by atoms with Crippen LogP contribution in [0.25, 0.3) is 28.0 Å². The molecule has 0 N–H and O–H groups in total. The Hall–Kier alpha value is -5.39. The summed E-state index contributed by atoms with van der Waals surface area (Å²) in [5, 5.41) is 5.08. The molecule has 41 heavy (non-hydrogen) atoms. The minimum absolute atomic E-state index is 0.109. The van der Waals surface area contributed by atoms with Crippen molar-refractivity contribution >= 4 is 16.6 Å². The first kappa shape index (κ1) is 23.5. The van der Waals surface area contributed by atoms with Crippen LogP contribution >= 0.6 is 0 Å². The maximum atomic E-state index is 13.5. The summed E-state index contributed by atoms with van der Waals surface area (Å²) in [5.74, 6) is 0.938. The van der Waals surface area contributed by atoms with Crippen LogP contribution in [0.1, 0.15) is 28.2 Å². The molecule has 0 radical (unpaired) electrons. The molecule has 1 atom stereocenters. The molecule has 3 aromatic carbocycles. The molecule has 5 heterocycles. The summed E-state index contributed by atoms with van der Waals surface area (Å²) in [5.41, 5.74) is 0.634. The van der Waals surface area contributed by atoms with Gasteiger partial charge in [0.15, 0.2) is 28.7 Å². The minimum Gasteiger partial charge on any atom is -0.454 e. The van der Waals surface area contributed by atoms with Crippen LogP contribution in [0, 0.1) is 0 Å². The van der Waals surface area contributed by atoms with Crippen LogP contribution in [0.3, 0.4) is 0 Å². The van der Waals surface area contributed by atoms with Crippen LogP contribution in [0.2, 0.25) is 0 Å².